The summed E-state index contributed by atoms with van der Waals surface area (Å²) < 4.78 is 5.39. The highest BCUT2D eigenvalue weighted by Gasteiger charge is 2.22. The molecule has 0 aromatic heterocycles. The van der Waals surface area contributed by atoms with Crippen LogP contribution in [0.1, 0.15) is 28.4 Å². The third kappa shape index (κ3) is 4.48. The number of rotatable bonds is 5. The zero-order chi connectivity index (χ0) is 19.4. The summed E-state index contributed by atoms with van der Waals surface area (Å²) in [5.41, 5.74) is 3.87. The molecule has 0 N–H and O–H groups in total. The Kier molecular flexibility index (Phi) is 5.79. The average molecular weight is 366 g/mol. The number of piperazine rings is 1. The van der Waals surface area contributed by atoms with Crippen LogP contribution < -0.4 is 9.64 Å². The van der Waals surface area contributed by atoms with E-state index < -0.39 is 0 Å². The highest BCUT2D eigenvalue weighted by atomic mass is 16.5. The molecule has 0 bridgehead atoms. The fourth-order valence-corrected chi connectivity index (χ4v) is 3.44. The lowest BCUT2D eigenvalue weighted by Gasteiger charge is -2.36. The number of nitrogens with zero attached hydrogens (tertiary/aromatic N) is 2. The molecule has 0 aliphatic carbocycles. The van der Waals surface area contributed by atoms with Crippen LogP contribution in [0.2, 0.25) is 0 Å². The van der Waals surface area contributed by atoms with E-state index in [1.54, 1.807) is 14.0 Å². The standard InChI is InChI=1S/C22H26N2O3/c1-16-4-9-21(27-3)19(14-16)15-22(26)24-12-10-23(11-13-24)20-7-5-18(6-8-20)17(2)25/h4-9,14H,10-13,15H2,1-3H3. The summed E-state index contributed by atoms with van der Waals surface area (Å²) in [6, 6.07) is 13.6. The van der Waals surface area contributed by atoms with Crippen LogP contribution in [0, 0.1) is 6.92 Å². The van der Waals surface area contributed by atoms with Crippen LogP contribution in [0.4, 0.5) is 5.69 Å². The topological polar surface area (TPSA) is 49.9 Å². The van der Waals surface area contributed by atoms with Crippen LogP contribution in [0.5, 0.6) is 5.75 Å². The van der Waals surface area contributed by atoms with Crippen molar-refractivity contribution in [3.63, 3.8) is 0 Å². The van der Waals surface area contributed by atoms with Crippen LogP contribution in [-0.2, 0) is 11.2 Å². The molecule has 3 rings (SSSR count). The van der Waals surface area contributed by atoms with Crippen molar-refractivity contribution < 1.29 is 14.3 Å². The Bertz CT molecular complexity index is 822. The van der Waals surface area contributed by atoms with E-state index in [0.29, 0.717) is 19.5 Å². The van der Waals surface area contributed by atoms with E-state index in [1.165, 1.54) is 0 Å². The second kappa shape index (κ2) is 8.25. The molecule has 5 nitrogen and oxygen atoms in total. The first-order valence-corrected chi connectivity index (χ1v) is 9.25. The summed E-state index contributed by atoms with van der Waals surface area (Å²) >= 11 is 0. The van der Waals surface area contributed by atoms with Gasteiger partial charge in [-0.15, -0.1) is 0 Å². The number of hydrogen-bond donors (Lipinski definition) is 0. The minimum Gasteiger partial charge on any atom is -0.496 e. The van der Waals surface area contributed by atoms with E-state index in [4.69, 9.17) is 4.74 Å². The van der Waals surface area contributed by atoms with E-state index >= 15 is 0 Å². The Morgan fingerprint density at radius 2 is 1.67 bits per heavy atom. The lowest BCUT2D eigenvalue weighted by atomic mass is 10.1. The summed E-state index contributed by atoms with van der Waals surface area (Å²) in [5.74, 6) is 0.965. The smallest absolute Gasteiger partial charge is 0.227 e. The van der Waals surface area contributed by atoms with Crippen molar-refractivity contribution in [3.05, 3.63) is 59.2 Å². The fraction of sp³-hybridized carbons (Fsp3) is 0.364. The van der Waals surface area contributed by atoms with Gasteiger partial charge in [0.1, 0.15) is 5.75 Å². The van der Waals surface area contributed by atoms with E-state index in [0.717, 1.165) is 41.2 Å². The molecule has 0 spiro atoms. The number of hydrogen-bond acceptors (Lipinski definition) is 4. The molecule has 0 saturated carbocycles. The lowest BCUT2D eigenvalue weighted by Crippen LogP contribution is -2.49. The molecule has 142 valence electrons. The van der Waals surface area contributed by atoms with Gasteiger partial charge in [-0.05, 0) is 44.2 Å². The number of methoxy groups -OCH3 is 1. The largest absolute Gasteiger partial charge is 0.496 e. The number of ether oxygens (including phenoxy) is 1. The van der Waals surface area contributed by atoms with Crippen molar-refractivity contribution in [2.45, 2.75) is 20.3 Å². The average Bonchev–Trinajstić information content (AvgIpc) is 2.68. The van der Waals surface area contributed by atoms with E-state index in [2.05, 4.69) is 4.90 Å². The molecule has 1 aliphatic heterocycles. The summed E-state index contributed by atoms with van der Waals surface area (Å²) in [7, 11) is 1.63. The van der Waals surface area contributed by atoms with E-state index in [9.17, 15) is 9.59 Å². The number of carbonyl (C=O) groups is 2. The maximum atomic E-state index is 12.7. The third-order valence-electron chi connectivity index (χ3n) is 5.05. The van der Waals surface area contributed by atoms with Crippen molar-refractivity contribution in [1.82, 2.24) is 4.90 Å². The van der Waals surface area contributed by atoms with E-state index in [1.807, 2.05) is 54.3 Å². The van der Waals surface area contributed by atoms with Gasteiger partial charge in [-0.2, -0.15) is 0 Å². The first-order chi connectivity index (χ1) is 13.0. The summed E-state index contributed by atoms with van der Waals surface area (Å²) in [5, 5.41) is 0. The predicted molar refractivity (Wildman–Crippen MR) is 107 cm³/mol. The second-order valence-electron chi connectivity index (χ2n) is 6.96. The van der Waals surface area contributed by atoms with Gasteiger partial charge in [-0.25, -0.2) is 0 Å². The van der Waals surface area contributed by atoms with Gasteiger partial charge in [0.25, 0.3) is 0 Å². The Labute approximate surface area is 160 Å². The monoisotopic (exact) mass is 366 g/mol. The number of ketones is 1. The van der Waals surface area contributed by atoms with Crippen LogP contribution in [0.15, 0.2) is 42.5 Å². The summed E-state index contributed by atoms with van der Waals surface area (Å²) in [4.78, 5) is 28.3. The van der Waals surface area contributed by atoms with Crippen molar-refractivity contribution in [2.24, 2.45) is 0 Å². The molecule has 1 amide bonds. The first kappa shape index (κ1) is 19.0. The molecular weight excluding hydrogens is 340 g/mol. The Morgan fingerprint density at radius 1 is 1.00 bits per heavy atom. The minimum atomic E-state index is 0.0727. The number of carbonyl (C=O) groups excluding carboxylic acids is 2. The van der Waals surface area contributed by atoms with Crippen molar-refractivity contribution in [2.75, 3.05) is 38.2 Å². The molecule has 0 radical (unpaired) electrons. The molecule has 1 saturated heterocycles. The molecule has 1 fully saturated rings. The molecule has 1 heterocycles. The van der Waals surface area contributed by atoms with Gasteiger partial charge in [0.15, 0.2) is 5.78 Å². The predicted octanol–water partition coefficient (Wildman–Crippen LogP) is 3.10. The highest BCUT2D eigenvalue weighted by molar-refractivity contribution is 5.94. The highest BCUT2D eigenvalue weighted by Crippen LogP contribution is 2.22. The Balaban J connectivity index is 1.59. The van der Waals surface area contributed by atoms with Gasteiger partial charge in [-0.1, -0.05) is 17.7 Å². The maximum Gasteiger partial charge on any atom is 0.227 e. The molecular formula is C22H26N2O3. The number of Topliss-reactive ketones (excluding diaryl/α,β-unsaturated/α-hetero) is 1. The van der Waals surface area contributed by atoms with Crippen molar-refractivity contribution in [3.8, 4) is 5.75 Å². The number of benzene rings is 2. The number of amides is 1. The molecule has 0 atom stereocenters. The normalized spacial score (nSPS) is 14.2. The maximum absolute atomic E-state index is 12.7. The fourth-order valence-electron chi connectivity index (χ4n) is 3.44. The van der Waals surface area contributed by atoms with Gasteiger partial charge >= 0.3 is 0 Å². The SMILES string of the molecule is COc1ccc(C)cc1CC(=O)N1CCN(c2ccc(C(C)=O)cc2)CC1. The lowest BCUT2D eigenvalue weighted by molar-refractivity contribution is -0.130. The van der Waals surface area contributed by atoms with E-state index in [-0.39, 0.29) is 11.7 Å². The Morgan fingerprint density at radius 3 is 2.26 bits per heavy atom. The minimum absolute atomic E-state index is 0.0727. The first-order valence-electron chi connectivity index (χ1n) is 9.25. The molecule has 2 aromatic rings. The molecule has 0 unspecified atom stereocenters. The van der Waals surface area contributed by atoms with Crippen LogP contribution in [0.3, 0.4) is 0 Å². The zero-order valence-corrected chi connectivity index (χ0v) is 16.2. The quantitative estimate of drug-likeness (QED) is 0.763. The Hall–Kier alpha value is -2.82. The number of anilines is 1. The summed E-state index contributed by atoms with van der Waals surface area (Å²) in [6.07, 6.45) is 0.359. The molecule has 1 aliphatic rings. The zero-order valence-electron chi connectivity index (χ0n) is 16.2. The second-order valence-corrected chi connectivity index (χ2v) is 6.96. The van der Waals surface area contributed by atoms with Gasteiger partial charge < -0.3 is 14.5 Å². The van der Waals surface area contributed by atoms with Crippen LogP contribution in [0.25, 0.3) is 0 Å². The van der Waals surface area contributed by atoms with Crippen LogP contribution in [-0.4, -0.2) is 49.9 Å². The van der Waals surface area contributed by atoms with Crippen molar-refractivity contribution in [1.29, 1.82) is 0 Å². The summed E-state index contributed by atoms with van der Waals surface area (Å²) in [6.45, 7) is 6.56. The molecule has 5 heteroatoms. The molecule has 27 heavy (non-hydrogen) atoms. The van der Waals surface area contributed by atoms with Crippen molar-refractivity contribution >= 4 is 17.4 Å². The van der Waals surface area contributed by atoms with Gasteiger partial charge in [0.2, 0.25) is 5.91 Å². The number of aryl methyl sites for hydroxylation is 1. The molecule has 2 aromatic carbocycles. The van der Waals surface area contributed by atoms with Gasteiger partial charge in [0.05, 0.1) is 13.5 Å². The van der Waals surface area contributed by atoms with Gasteiger partial charge in [-0.3, -0.25) is 9.59 Å². The van der Waals surface area contributed by atoms with Crippen LogP contribution >= 0.6 is 0 Å². The third-order valence-corrected chi connectivity index (χ3v) is 5.05. The van der Waals surface area contributed by atoms with Gasteiger partial charge in [0, 0.05) is 43.0 Å².